The van der Waals surface area contributed by atoms with Gasteiger partial charge in [0.2, 0.25) is 21.8 Å². The Hall–Kier alpha value is -1.48. The SMILES string of the molecule is CS(=O)(=O)N1CCC(c2noc(CCNC(=O)C3CCC3)n2)CC1. The summed E-state index contributed by atoms with van der Waals surface area (Å²) in [6, 6.07) is 0. The normalized spacial score (nSPS) is 20.7. The van der Waals surface area contributed by atoms with E-state index in [2.05, 4.69) is 15.5 Å². The largest absolute Gasteiger partial charge is 0.355 e. The molecule has 3 rings (SSSR count). The van der Waals surface area contributed by atoms with E-state index in [1.54, 1.807) is 0 Å². The number of hydrogen-bond donors (Lipinski definition) is 1. The molecule has 1 saturated heterocycles. The minimum atomic E-state index is -3.12. The van der Waals surface area contributed by atoms with Crippen molar-refractivity contribution in [2.45, 2.75) is 44.4 Å². The first-order valence-electron chi connectivity index (χ1n) is 8.49. The Labute approximate surface area is 142 Å². The lowest BCUT2D eigenvalue weighted by Gasteiger charge is -2.28. The first-order chi connectivity index (χ1) is 11.4. The number of nitrogens with one attached hydrogen (secondary N) is 1. The lowest BCUT2D eigenvalue weighted by atomic mass is 9.85. The summed E-state index contributed by atoms with van der Waals surface area (Å²) in [5.41, 5.74) is 0. The molecule has 134 valence electrons. The van der Waals surface area contributed by atoms with E-state index in [0.717, 1.165) is 19.3 Å². The summed E-state index contributed by atoms with van der Waals surface area (Å²) in [5, 5.41) is 6.92. The third-order valence-electron chi connectivity index (χ3n) is 4.89. The quantitative estimate of drug-likeness (QED) is 0.803. The van der Waals surface area contributed by atoms with Gasteiger partial charge < -0.3 is 9.84 Å². The van der Waals surface area contributed by atoms with Gasteiger partial charge in [-0.1, -0.05) is 11.6 Å². The number of nitrogens with zero attached hydrogens (tertiary/aromatic N) is 3. The van der Waals surface area contributed by atoms with Gasteiger partial charge >= 0.3 is 0 Å². The van der Waals surface area contributed by atoms with Crippen molar-refractivity contribution in [3.63, 3.8) is 0 Å². The van der Waals surface area contributed by atoms with Crippen molar-refractivity contribution in [3.8, 4) is 0 Å². The third kappa shape index (κ3) is 4.13. The number of carbonyl (C=O) groups is 1. The van der Waals surface area contributed by atoms with E-state index in [1.807, 2.05) is 0 Å². The highest BCUT2D eigenvalue weighted by Gasteiger charge is 2.28. The van der Waals surface area contributed by atoms with E-state index in [0.29, 0.717) is 50.6 Å². The highest BCUT2D eigenvalue weighted by Crippen LogP contribution is 2.27. The first kappa shape index (κ1) is 17.3. The van der Waals surface area contributed by atoms with E-state index < -0.39 is 10.0 Å². The van der Waals surface area contributed by atoms with E-state index >= 15 is 0 Å². The Bertz CT molecular complexity index is 675. The highest BCUT2D eigenvalue weighted by molar-refractivity contribution is 7.88. The van der Waals surface area contributed by atoms with Crippen LogP contribution in [-0.2, 0) is 21.2 Å². The molecule has 8 nitrogen and oxygen atoms in total. The van der Waals surface area contributed by atoms with Gasteiger partial charge in [0.25, 0.3) is 0 Å². The fraction of sp³-hybridized carbons (Fsp3) is 0.800. The van der Waals surface area contributed by atoms with Gasteiger partial charge in [0.15, 0.2) is 5.82 Å². The van der Waals surface area contributed by atoms with E-state index in [-0.39, 0.29) is 17.7 Å². The zero-order valence-corrected chi connectivity index (χ0v) is 14.7. The van der Waals surface area contributed by atoms with Gasteiger partial charge in [0.1, 0.15) is 0 Å². The summed E-state index contributed by atoms with van der Waals surface area (Å²) in [5.74, 6) is 1.59. The van der Waals surface area contributed by atoms with Crippen LogP contribution in [0.1, 0.15) is 49.7 Å². The molecule has 1 aromatic rings. The molecule has 2 heterocycles. The molecule has 0 bridgehead atoms. The lowest BCUT2D eigenvalue weighted by molar-refractivity contribution is -0.127. The number of aromatic nitrogens is 2. The molecular formula is C15H24N4O4S. The zero-order chi connectivity index (χ0) is 17.2. The van der Waals surface area contributed by atoms with Crippen molar-refractivity contribution < 1.29 is 17.7 Å². The summed E-state index contributed by atoms with van der Waals surface area (Å²) < 4.78 is 29.8. The minimum Gasteiger partial charge on any atom is -0.355 e. The third-order valence-corrected chi connectivity index (χ3v) is 6.19. The fourth-order valence-electron chi connectivity index (χ4n) is 3.09. The molecule has 0 aromatic carbocycles. The van der Waals surface area contributed by atoms with Crippen LogP contribution in [0.15, 0.2) is 4.52 Å². The maximum Gasteiger partial charge on any atom is 0.228 e. The zero-order valence-electron chi connectivity index (χ0n) is 13.9. The van der Waals surface area contributed by atoms with Gasteiger partial charge in [-0.25, -0.2) is 12.7 Å². The maximum absolute atomic E-state index is 11.7. The molecular weight excluding hydrogens is 332 g/mol. The van der Waals surface area contributed by atoms with Gasteiger partial charge in [0, 0.05) is 37.9 Å². The second kappa shape index (κ2) is 7.18. The van der Waals surface area contributed by atoms with Crippen LogP contribution in [-0.4, -0.2) is 54.7 Å². The number of piperidine rings is 1. The van der Waals surface area contributed by atoms with Crippen molar-refractivity contribution in [2.24, 2.45) is 5.92 Å². The molecule has 2 fully saturated rings. The van der Waals surface area contributed by atoms with Crippen molar-refractivity contribution in [1.29, 1.82) is 0 Å². The standard InChI is InChI=1S/C15H24N4O4S/c1-24(21,22)19-9-6-11(7-10-19)14-17-13(23-18-14)5-8-16-15(20)12-3-2-4-12/h11-12H,2-10H2,1H3,(H,16,20). The van der Waals surface area contributed by atoms with Crippen LogP contribution in [0.2, 0.25) is 0 Å². The van der Waals surface area contributed by atoms with E-state index in [9.17, 15) is 13.2 Å². The maximum atomic E-state index is 11.7. The molecule has 0 spiro atoms. The molecule has 24 heavy (non-hydrogen) atoms. The summed E-state index contributed by atoms with van der Waals surface area (Å²) in [6.07, 6.45) is 6.27. The molecule has 0 atom stereocenters. The molecule has 1 aromatic heterocycles. The Morgan fingerprint density at radius 3 is 2.58 bits per heavy atom. The number of rotatable bonds is 6. The van der Waals surface area contributed by atoms with Gasteiger partial charge in [-0.05, 0) is 25.7 Å². The Balaban J connectivity index is 1.45. The summed E-state index contributed by atoms with van der Waals surface area (Å²) in [7, 11) is -3.12. The molecule has 0 radical (unpaired) electrons. The molecule has 2 aliphatic rings. The second-order valence-electron chi connectivity index (χ2n) is 6.65. The predicted molar refractivity (Wildman–Crippen MR) is 86.7 cm³/mol. The van der Waals surface area contributed by atoms with Crippen molar-refractivity contribution in [3.05, 3.63) is 11.7 Å². The molecule has 1 N–H and O–H groups in total. The summed E-state index contributed by atoms with van der Waals surface area (Å²) in [4.78, 5) is 16.1. The number of sulfonamides is 1. The van der Waals surface area contributed by atoms with Gasteiger partial charge in [-0.15, -0.1) is 0 Å². The minimum absolute atomic E-state index is 0.120. The molecule has 1 amide bonds. The average molecular weight is 356 g/mol. The van der Waals surface area contributed by atoms with Gasteiger partial charge in [0.05, 0.1) is 6.26 Å². The first-order valence-corrected chi connectivity index (χ1v) is 10.3. The predicted octanol–water partition coefficient (Wildman–Crippen LogP) is 0.667. The van der Waals surface area contributed by atoms with Gasteiger partial charge in [-0.3, -0.25) is 4.79 Å². The van der Waals surface area contributed by atoms with Crippen LogP contribution < -0.4 is 5.32 Å². The molecule has 1 saturated carbocycles. The summed E-state index contributed by atoms with van der Waals surface area (Å²) in [6.45, 7) is 1.49. The molecule has 0 unspecified atom stereocenters. The Morgan fingerprint density at radius 2 is 2.00 bits per heavy atom. The van der Waals surface area contributed by atoms with Crippen LogP contribution in [0.25, 0.3) is 0 Å². The lowest BCUT2D eigenvalue weighted by Crippen LogP contribution is -2.37. The van der Waals surface area contributed by atoms with Crippen LogP contribution in [0.5, 0.6) is 0 Å². The Kier molecular flexibility index (Phi) is 5.19. The van der Waals surface area contributed by atoms with Crippen LogP contribution in [0.3, 0.4) is 0 Å². The molecule has 1 aliphatic carbocycles. The number of carbonyl (C=O) groups excluding carboxylic acids is 1. The van der Waals surface area contributed by atoms with Crippen molar-refractivity contribution >= 4 is 15.9 Å². The monoisotopic (exact) mass is 356 g/mol. The molecule has 9 heteroatoms. The van der Waals surface area contributed by atoms with Crippen molar-refractivity contribution in [1.82, 2.24) is 19.8 Å². The fourth-order valence-corrected chi connectivity index (χ4v) is 3.96. The topological polar surface area (TPSA) is 105 Å². The van der Waals surface area contributed by atoms with Crippen LogP contribution in [0.4, 0.5) is 0 Å². The smallest absolute Gasteiger partial charge is 0.228 e. The van der Waals surface area contributed by atoms with E-state index in [4.69, 9.17) is 4.52 Å². The van der Waals surface area contributed by atoms with Gasteiger partial charge in [-0.2, -0.15) is 4.98 Å². The second-order valence-corrected chi connectivity index (χ2v) is 8.63. The number of amides is 1. The van der Waals surface area contributed by atoms with Crippen LogP contribution in [0, 0.1) is 5.92 Å². The summed E-state index contributed by atoms with van der Waals surface area (Å²) >= 11 is 0. The van der Waals surface area contributed by atoms with E-state index in [1.165, 1.54) is 10.6 Å². The van der Waals surface area contributed by atoms with Crippen molar-refractivity contribution in [2.75, 3.05) is 25.9 Å². The number of hydrogen-bond acceptors (Lipinski definition) is 6. The van der Waals surface area contributed by atoms with Crippen LogP contribution >= 0.6 is 0 Å². The molecule has 1 aliphatic heterocycles. The Morgan fingerprint density at radius 1 is 1.29 bits per heavy atom. The average Bonchev–Trinajstić information content (AvgIpc) is 2.93. The highest BCUT2D eigenvalue weighted by atomic mass is 32.2.